The Hall–Kier alpha value is -3.27. The normalized spacial score (nSPS) is 10.1. The van der Waals surface area contributed by atoms with Crippen molar-refractivity contribution in [1.82, 2.24) is 0 Å². The number of rotatable bonds is 6. The molecule has 3 aromatic carbocycles. The maximum Gasteiger partial charge on any atom is 0.228 e. The molecule has 0 heterocycles. The first-order chi connectivity index (χ1) is 12.2. The van der Waals surface area contributed by atoms with Gasteiger partial charge >= 0.3 is 0 Å². The number of nitrogens with one attached hydrogen (secondary N) is 1. The third-order valence-corrected chi connectivity index (χ3v) is 3.66. The van der Waals surface area contributed by atoms with Crippen molar-refractivity contribution in [2.45, 2.75) is 6.42 Å². The highest BCUT2D eigenvalue weighted by Gasteiger charge is 2.08. The largest absolute Gasteiger partial charge is 0.496 e. The van der Waals surface area contributed by atoms with Crippen molar-refractivity contribution in [3.63, 3.8) is 0 Å². The Balaban J connectivity index is 1.60. The monoisotopic (exact) mass is 333 g/mol. The van der Waals surface area contributed by atoms with Gasteiger partial charge in [0.15, 0.2) is 0 Å². The molecule has 0 atom stereocenters. The van der Waals surface area contributed by atoms with Crippen LogP contribution in [0.5, 0.6) is 17.2 Å². The van der Waals surface area contributed by atoms with Crippen LogP contribution in [0.25, 0.3) is 0 Å². The number of amides is 1. The molecular weight excluding hydrogens is 314 g/mol. The lowest BCUT2D eigenvalue weighted by atomic mass is 10.1. The van der Waals surface area contributed by atoms with E-state index in [0.717, 1.165) is 17.0 Å². The van der Waals surface area contributed by atoms with E-state index in [-0.39, 0.29) is 12.3 Å². The minimum absolute atomic E-state index is 0.0961. The Morgan fingerprint density at radius 3 is 2.20 bits per heavy atom. The molecule has 0 aliphatic carbocycles. The van der Waals surface area contributed by atoms with Crippen LogP contribution in [0.4, 0.5) is 5.69 Å². The maximum absolute atomic E-state index is 12.2. The van der Waals surface area contributed by atoms with E-state index in [9.17, 15) is 4.79 Å². The van der Waals surface area contributed by atoms with Gasteiger partial charge in [0.25, 0.3) is 0 Å². The zero-order valence-electron chi connectivity index (χ0n) is 13.9. The molecule has 0 unspecified atom stereocenters. The summed E-state index contributed by atoms with van der Waals surface area (Å²) in [5.74, 6) is 2.11. The van der Waals surface area contributed by atoms with Crippen molar-refractivity contribution in [3.8, 4) is 17.2 Å². The molecule has 0 aliphatic heterocycles. The van der Waals surface area contributed by atoms with E-state index >= 15 is 0 Å². The van der Waals surface area contributed by atoms with Crippen LogP contribution in [0.1, 0.15) is 5.56 Å². The average Bonchev–Trinajstić information content (AvgIpc) is 2.64. The van der Waals surface area contributed by atoms with Gasteiger partial charge in [0, 0.05) is 11.3 Å². The molecule has 0 aliphatic rings. The number of hydrogen-bond acceptors (Lipinski definition) is 3. The lowest BCUT2D eigenvalue weighted by Gasteiger charge is -2.10. The van der Waals surface area contributed by atoms with Gasteiger partial charge in [-0.05, 0) is 42.5 Å². The Bertz CT molecular complexity index is 829. The van der Waals surface area contributed by atoms with Gasteiger partial charge < -0.3 is 14.8 Å². The number of carbonyl (C=O) groups is 1. The molecule has 0 aromatic heterocycles. The van der Waals surface area contributed by atoms with Crippen LogP contribution in [-0.4, -0.2) is 13.0 Å². The van der Waals surface area contributed by atoms with Crippen molar-refractivity contribution >= 4 is 11.6 Å². The number of carbonyl (C=O) groups excluding carboxylic acids is 1. The number of methoxy groups -OCH3 is 1. The molecule has 0 fully saturated rings. The van der Waals surface area contributed by atoms with Crippen LogP contribution in [0.2, 0.25) is 0 Å². The van der Waals surface area contributed by atoms with Gasteiger partial charge in [-0.2, -0.15) is 0 Å². The molecule has 0 bridgehead atoms. The fourth-order valence-electron chi connectivity index (χ4n) is 2.46. The Morgan fingerprint density at radius 2 is 1.48 bits per heavy atom. The molecular formula is C21H19NO3. The third kappa shape index (κ3) is 4.61. The highest BCUT2D eigenvalue weighted by atomic mass is 16.5. The van der Waals surface area contributed by atoms with Gasteiger partial charge in [0.2, 0.25) is 5.91 Å². The second kappa shape index (κ2) is 8.02. The number of hydrogen-bond donors (Lipinski definition) is 1. The molecule has 0 radical (unpaired) electrons. The van der Waals surface area contributed by atoms with Gasteiger partial charge in [-0.15, -0.1) is 0 Å². The first-order valence-electron chi connectivity index (χ1n) is 7.99. The molecule has 25 heavy (non-hydrogen) atoms. The van der Waals surface area contributed by atoms with Crippen molar-refractivity contribution in [2.75, 3.05) is 12.4 Å². The highest BCUT2D eigenvalue weighted by molar-refractivity contribution is 5.92. The Morgan fingerprint density at radius 1 is 0.840 bits per heavy atom. The molecule has 4 heteroatoms. The lowest BCUT2D eigenvalue weighted by molar-refractivity contribution is -0.115. The second-order valence-electron chi connectivity index (χ2n) is 5.48. The number of ether oxygens (including phenoxy) is 2. The molecule has 0 saturated heterocycles. The Kier molecular flexibility index (Phi) is 5.32. The molecule has 0 spiro atoms. The summed E-state index contributed by atoms with van der Waals surface area (Å²) in [6.07, 6.45) is 0.256. The van der Waals surface area contributed by atoms with Crippen molar-refractivity contribution < 1.29 is 14.3 Å². The summed E-state index contributed by atoms with van der Waals surface area (Å²) in [4.78, 5) is 12.2. The second-order valence-corrected chi connectivity index (χ2v) is 5.48. The van der Waals surface area contributed by atoms with E-state index in [4.69, 9.17) is 9.47 Å². The molecule has 1 N–H and O–H groups in total. The van der Waals surface area contributed by atoms with Crippen molar-refractivity contribution in [3.05, 3.63) is 84.4 Å². The van der Waals surface area contributed by atoms with E-state index in [1.165, 1.54) is 0 Å². The fraction of sp³-hybridized carbons (Fsp3) is 0.0952. The minimum atomic E-state index is -0.0961. The van der Waals surface area contributed by atoms with Gasteiger partial charge in [-0.25, -0.2) is 0 Å². The van der Waals surface area contributed by atoms with E-state index < -0.39 is 0 Å². The van der Waals surface area contributed by atoms with Crippen molar-refractivity contribution in [2.24, 2.45) is 0 Å². The van der Waals surface area contributed by atoms with Crippen LogP contribution >= 0.6 is 0 Å². The summed E-state index contributed by atoms with van der Waals surface area (Å²) in [6, 6.07) is 24.3. The molecule has 3 rings (SSSR count). The molecule has 1 amide bonds. The maximum atomic E-state index is 12.2. The molecule has 126 valence electrons. The van der Waals surface area contributed by atoms with Crippen LogP contribution < -0.4 is 14.8 Å². The molecule has 4 nitrogen and oxygen atoms in total. The Labute approximate surface area is 147 Å². The summed E-state index contributed by atoms with van der Waals surface area (Å²) in [5, 5.41) is 2.88. The van der Waals surface area contributed by atoms with Gasteiger partial charge in [-0.1, -0.05) is 36.4 Å². The van der Waals surface area contributed by atoms with E-state index in [1.54, 1.807) is 7.11 Å². The van der Waals surface area contributed by atoms with Crippen LogP contribution in [0.15, 0.2) is 78.9 Å². The van der Waals surface area contributed by atoms with Crippen LogP contribution in [0.3, 0.4) is 0 Å². The minimum Gasteiger partial charge on any atom is -0.496 e. The van der Waals surface area contributed by atoms with E-state index in [1.807, 2.05) is 78.9 Å². The fourth-order valence-corrected chi connectivity index (χ4v) is 2.46. The van der Waals surface area contributed by atoms with Crippen molar-refractivity contribution in [1.29, 1.82) is 0 Å². The summed E-state index contributed by atoms with van der Waals surface area (Å²) in [7, 11) is 1.60. The predicted molar refractivity (Wildman–Crippen MR) is 98.3 cm³/mol. The predicted octanol–water partition coefficient (Wildman–Crippen LogP) is 4.67. The SMILES string of the molecule is COc1ccccc1CC(=O)Nc1ccc(Oc2ccccc2)cc1. The number of benzene rings is 3. The van der Waals surface area contributed by atoms with Gasteiger partial charge in [-0.3, -0.25) is 4.79 Å². The average molecular weight is 333 g/mol. The zero-order chi connectivity index (χ0) is 17.5. The van der Waals surface area contributed by atoms with Crippen LogP contribution in [-0.2, 0) is 11.2 Å². The summed E-state index contributed by atoms with van der Waals surface area (Å²) in [6.45, 7) is 0. The third-order valence-electron chi connectivity index (χ3n) is 3.66. The zero-order valence-corrected chi connectivity index (χ0v) is 13.9. The van der Waals surface area contributed by atoms with Gasteiger partial charge in [0.1, 0.15) is 17.2 Å². The number of para-hydroxylation sites is 2. The van der Waals surface area contributed by atoms with Gasteiger partial charge in [0.05, 0.1) is 13.5 Å². The standard InChI is InChI=1S/C21H19NO3/c1-24-20-10-6-5-7-16(20)15-21(23)22-17-11-13-19(14-12-17)25-18-8-3-2-4-9-18/h2-14H,15H2,1H3,(H,22,23). The highest BCUT2D eigenvalue weighted by Crippen LogP contribution is 2.23. The smallest absolute Gasteiger partial charge is 0.228 e. The van der Waals surface area contributed by atoms with Crippen LogP contribution in [0, 0.1) is 0 Å². The first-order valence-corrected chi connectivity index (χ1v) is 7.99. The first kappa shape index (κ1) is 16.6. The topological polar surface area (TPSA) is 47.6 Å². The van der Waals surface area contributed by atoms with E-state index in [0.29, 0.717) is 11.5 Å². The quantitative estimate of drug-likeness (QED) is 0.713. The molecule has 0 saturated carbocycles. The van der Waals surface area contributed by atoms with E-state index in [2.05, 4.69) is 5.32 Å². The lowest BCUT2D eigenvalue weighted by Crippen LogP contribution is -2.14. The number of anilines is 1. The summed E-state index contributed by atoms with van der Waals surface area (Å²) in [5.41, 5.74) is 1.58. The summed E-state index contributed by atoms with van der Waals surface area (Å²) >= 11 is 0. The summed E-state index contributed by atoms with van der Waals surface area (Å²) < 4.78 is 11.0. The molecule has 3 aromatic rings.